The van der Waals surface area contributed by atoms with E-state index in [0.717, 1.165) is 30.0 Å². The van der Waals surface area contributed by atoms with Crippen LogP contribution in [-0.2, 0) is 6.54 Å². The van der Waals surface area contributed by atoms with E-state index >= 15 is 0 Å². The van der Waals surface area contributed by atoms with Crippen LogP contribution in [0, 0.1) is 5.92 Å². The number of nitrogens with zero attached hydrogens (tertiary/aromatic N) is 2. The van der Waals surface area contributed by atoms with E-state index in [-0.39, 0.29) is 0 Å². The van der Waals surface area contributed by atoms with Gasteiger partial charge < -0.3 is 5.32 Å². The lowest BCUT2D eigenvalue weighted by Gasteiger charge is -2.22. The Kier molecular flexibility index (Phi) is 3.99. The van der Waals surface area contributed by atoms with Crippen LogP contribution in [0.5, 0.6) is 0 Å². The van der Waals surface area contributed by atoms with Gasteiger partial charge in [-0.1, -0.05) is 28.1 Å². The smallest absolute Gasteiger partial charge is 0.0568 e. The Morgan fingerprint density at radius 2 is 2.11 bits per heavy atom. The highest BCUT2D eigenvalue weighted by atomic mass is 79.9. The molecule has 19 heavy (non-hydrogen) atoms. The van der Waals surface area contributed by atoms with Crippen molar-refractivity contribution in [3.63, 3.8) is 0 Å². The fraction of sp³-hybridized carbons (Fsp3) is 0.400. The van der Waals surface area contributed by atoms with Crippen molar-refractivity contribution in [3.8, 4) is 11.1 Å². The number of rotatable bonds is 3. The van der Waals surface area contributed by atoms with Crippen molar-refractivity contribution in [2.45, 2.75) is 19.4 Å². The number of halogens is 1. The summed E-state index contributed by atoms with van der Waals surface area (Å²) in [4.78, 5) is 0. The summed E-state index contributed by atoms with van der Waals surface area (Å²) in [6, 6.07) is 8.36. The van der Waals surface area contributed by atoms with Crippen LogP contribution in [0.25, 0.3) is 11.1 Å². The molecule has 0 atom stereocenters. The number of aromatic nitrogens is 2. The van der Waals surface area contributed by atoms with Gasteiger partial charge in [0.15, 0.2) is 0 Å². The average Bonchev–Trinajstić information content (AvgIpc) is 2.88. The molecule has 1 aliphatic rings. The van der Waals surface area contributed by atoms with Crippen LogP contribution < -0.4 is 5.32 Å². The third kappa shape index (κ3) is 3.25. The number of hydrogen-bond acceptors (Lipinski definition) is 2. The first-order valence-electron chi connectivity index (χ1n) is 6.80. The van der Waals surface area contributed by atoms with Gasteiger partial charge in [0, 0.05) is 22.8 Å². The van der Waals surface area contributed by atoms with Gasteiger partial charge in [0.1, 0.15) is 0 Å². The second-order valence-corrected chi connectivity index (χ2v) is 6.07. The molecule has 1 saturated heterocycles. The Hall–Kier alpha value is -1.13. The molecule has 0 aliphatic carbocycles. The highest BCUT2D eigenvalue weighted by Gasteiger charge is 2.14. The number of benzene rings is 1. The minimum absolute atomic E-state index is 0.761. The third-order valence-corrected chi connectivity index (χ3v) is 4.19. The Bertz CT molecular complexity index is 544. The molecule has 4 heteroatoms. The van der Waals surface area contributed by atoms with Gasteiger partial charge in [0.25, 0.3) is 0 Å². The predicted octanol–water partition coefficient (Wildman–Crippen LogP) is 3.31. The second kappa shape index (κ2) is 5.88. The molecule has 1 aromatic heterocycles. The summed E-state index contributed by atoms with van der Waals surface area (Å²) in [5.74, 6) is 0.761. The van der Waals surface area contributed by atoms with Crippen LogP contribution in [0.1, 0.15) is 12.8 Å². The summed E-state index contributed by atoms with van der Waals surface area (Å²) in [6.07, 6.45) is 6.63. The van der Waals surface area contributed by atoms with Gasteiger partial charge in [-0.3, -0.25) is 4.68 Å². The summed E-state index contributed by atoms with van der Waals surface area (Å²) in [7, 11) is 0. The molecule has 3 nitrogen and oxygen atoms in total. The maximum absolute atomic E-state index is 4.50. The Morgan fingerprint density at radius 1 is 1.26 bits per heavy atom. The van der Waals surface area contributed by atoms with Crippen molar-refractivity contribution < 1.29 is 0 Å². The first kappa shape index (κ1) is 12.9. The first-order chi connectivity index (χ1) is 9.31. The minimum Gasteiger partial charge on any atom is -0.317 e. The number of hydrogen-bond donors (Lipinski definition) is 1. The zero-order chi connectivity index (χ0) is 13.1. The summed E-state index contributed by atoms with van der Waals surface area (Å²) >= 11 is 3.51. The largest absolute Gasteiger partial charge is 0.317 e. The normalized spacial score (nSPS) is 16.7. The highest BCUT2D eigenvalue weighted by molar-refractivity contribution is 9.10. The predicted molar refractivity (Wildman–Crippen MR) is 81.0 cm³/mol. The molecule has 2 aromatic rings. The molecule has 2 heterocycles. The van der Waals surface area contributed by atoms with Crippen LogP contribution in [0.4, 0.5) is 0 Å². The summed E-state index contributed by atoms with van der Waals surface area (Å²) < 4.78 is 3.20. The Labute approximate surface area is 122 Å². The van der Waals surface area contributed by atoms with E-state index in [2.05, 4.69) is 55.4 Å². The molecule has 0 amide bonds. The molecule has 0 radical (unpaired) electrons. The number of piperidine rings is 1. The lowest BCUT2D eigenvalue weighted by molar-refractivity contribution is 0.321. The van der Waals surface area contributed by atoms with E-state index < -0.39 is 0 Å². The molecule has 0 bridgehead atoms. The van der Waals surface area contributed by atoms with Gasteiger partial charge in [-0.25, -0.2) is 0 Å². The van der Waals surface area contributed by atoms with Gasteiger partial charge in [-0.15, -0.1) is 0 Å². The summed E-state index contributed by atoms with van der Waals surface area (Å²) in [5.41, 5.74) is 2.40. The van der Waals surface area contributed by atoms with Crippen molar-refractivity contribution in [2.24, 2.45) is 5.92 Å². The summed E-state index contributed by atoms with van der Waals surface area (Å²) in [6.45, 7) is 3.32. The van der Waals surface area contributed by atoms with E-state index in [1.165, 1.54) is 24.0 Å². The van der Waals surface area contributed by atoms with Crippen molar-refractivity contribution in [1.29, 1.82) is 0 Å². The zero-order valence-corrected chi connectivity index (χ0v) is 12.4. The lowest BCUT2D eigenvalue weighted by atomic mass is 9.98. The molecule has 0 saturated carbocycles. The average molecular weight is 320 g/mol. The van der Waals surface area contributed by atoms with Gasteiger partial charge in [0.05, 0.1) is 6.20 Å². The summed E-state index contributed by atoms with van der Waals surface area (Å²) in [5, 5.41) is 7.90. The molecule has 0 unspecified atom stereocenters. The monoisotopic (exact) mass is 319 g/mol. The minimum atomic E-state index is 0.761. The maximum atomic E-state index is 4.50. The fourth-order valence-electron chi connectivity index (χ4n) is 2.61. The molecular weight excluding hydrogens is 302 g/mol. The molecule has 100 valence electrons. The lowest BCUT2D eigenvalue weighted by Crippen LogP contribution is -2.29. The Balaban J connectivity index is 1.72. The Morgan fingerprint density at radius 3 is 2.89 bits per heavy atom. The van der Waals surface area contributed by atoms with Crippen molar-refractivity contribution in [1.82, 2.24) is 15.1 Å². The van der Waals surface area contributed by atoms with Gasteiger partial charge in [-0.05, 0) is 49.5 Å². The van der Waals surface area contributed by atoms with Crippen LogP contribution in [0.3, 0.4) is 0 Å². The van der Waals surface area contributed by atoms with E-state index in [1.807, 2.05) is 12.3 Å². The third-order valence-electron chi connectivity index (χ3n) is 3.70. The van der Waals surface area contributed by atoms with Gasteiger partial charge >= 0.3 is 0 Å². The first-order valence-corrected chi connectivity index (χ1v) is 7.60. The van der Waals surface area contributed by atoms with Crippen molar-refractivity contribution in [2.75, 3.05) is 13.1 Å². The maximum Gasteiger partial charge on any atom is 0.0568 e. The van der Waals surface area contributed by atoms with Crippen molar-refractivity contribution >= 4 is 15.9 Å². The highest BCUT2D eigenvalue weighted by Crippen LogP contribution is 2.23. The van der Waals surface area contributed by atoms with E-state index in [9.17, 15) is 0 Å². The SMILES string of the molecule is Brc1cccc(-c2cnn(CC3CCNCC3)c2)c1. The standard InChI is InChI=1S/C15H18BrN3/c16-15-3-1-2-13(8-15)14-9-18-19(11-14)10-12-4-6-17-7-5-12/h1-3,8-9,11-12,17H,4-7,10H2. The molecular formula is C15H18BrN3. The molecule has 1 N–H and O–H groups in total. The van der Waals surface area contributed by atoms with Crippen LogP contribution >= 0.6 is 15.9 Å². The van der Waals surface area contributed by atoms with E-state index in [0.29, 0.717) is 0 Å². The number of nitrogens with one attached hydrogen (secondary N) is 1. The van der Waals surface area contributed by atoms with Gasteiger partial charge in [0.2, 0.25) is 0 Å². The van der Waals surface area contributed by atoms with Crippen LogP contribution in [-0.4, -0.2) is 22.9 Å². The second-order valence-electron chi connectivity index (χ2n) is 5.15. The fourth-order valence-corrected chi connectivity index (χ4v) is 3.01. The molecule has 1 fully saturated rings. The molecule has 0 spiro atoms. The zero-order valence-electron chi connectivity index (χ0n) is 10.8. The molecule has 1 aliphatic heterocycles. The van der Waals surface area contributed by atoms with Crippen molar-refractivity contribution in [3.05, 3.63) is 41.1 Å². The van der Waals surface area contributed by atoms with E-state index in [4.69, 9.17) is 0 Å². The molecule has 3 rings (SSSR count). The molecule has 1 aromatic carbocycles. The van der Waals surface area contributed by atoms with Gasteiger partial charge in [-0.2, -0.15) is 5.10 Å². The quantitative estimate of drug-likeness (QED) is 0.940. The van der Waals surface area contributed by atoms with Crippen LogP contribution in [0.15, 0.2) is 41.1 Å². The van der Waals surface area contributed by atoms with E-state index in [1.54, 1.807) is 0 Å². The topological polar surface area (TPSA) is 29.9 Å². The van der Waals surface area contributed by atoms with Crippen LogP contribution in [0.2, 0.25) is 0 Å².